The molecule has 0 fully saturated rings. The van der Waals surface area contributed by atoms with Gasteiger partial charge in [0.2, 0.25) is 0 Å². The highest BCUT2D eigenvalue weighted by Gasteiger charge is 2.11. The van der Waals surface area contributed by atoms with Crippen LogP contribution in [0.1, 0.15) is 5.76 Å². The molecule has 0 aliphatic rings. The van der Waals surface area contributed by atoms with E-state index in [4.69, 9.17) is 44.0 Å². The van der Waals surface area contributed by atoms with Gasteiger partial charge in [0, 0.05) is 11.1 Å². The summed E-state index contributed by atoms with van der Waals surface area (Å²) in [5.74, 6) is 0.174. The van der Waals surface area contributed by atoms with E-state index in [2.05, 4.69) is 20.5 Å². The molecular weight excluding hydrogens is 483 g/mol. The van der Waals surface area contributed by atoms with Crippen LogP contribution in [0.15, 0.2) is 68.3 Å². The van der Waals surface area contributed by atoms with Crippen LogP contribution in [0, 0.1) is 0 Å². The minimum atomic E-state index is -0.494. The number of carbonyl (C=O) groups is 1. The highest BCUT2D eigenvalue weighted by Crippen LogP contribution is 2.35. The molecule has 2 aromatic heterocycles. The molecule has 0 saturated carbocycles. The number of para-hydroxylation sites is 2. The second kappa shape index (κ2) is 9.65. The number of nitrogens with one attached hydrogen (secondary N) is 2. The van der Waals surface area contributed by atoms with Gasteiger partial charge in [0.15, 0.2) is 16.9 Å². The maximum Gasteiger partial charge on any atom is 0.277 e. The van der Waals surface area contributed by atoms with Crippen molar-refractivity contribution in [3.8, 4) is 5.75 Å². The molecule has 2 heterocycles. The van der Waals surface area contributed by atoms with Crippen LogP contribution in [-0.4, -0.2) is 28.7 Å². The van der Waals surface area contributed by atoms with Crippen LogP contribution in [-0.2, 0) is 4.79 Å². The Hall–Kier alpha value is -2.65. The number of ether oxygens (including phenoxy) is 1. The topological polar surface area (TPSA) is 92.5 Å². The number of fused-ring (bicyclic) bond motifs is 1. The maximum atomic E-state index is 11.9. The number of amides is 1. The third-order valence-corrected chi connectivity index (χ3v) is 5.68. The van der Waals surface area contributed by atoms with Gasteiger partial charge in [0.1, 0.15) is 16.5 Å². The maximum absolute atomic E-state index is 11.9. The molecule has 2 aromatic carbocycles. The summed E-state index contributed by atoms with van der Waals surface area (Å²) in [7, 11) is 0. The first-order chi connectivity index (χ1) is 15.0. The number of aromatic amines is 1. The number of hydrogen-bond donors (Lipinski definition) is 2. The molecule has 0 saturated heterocycles. The molecule has 0 radical (unpaired) electrons. The molecule has 0 unspecified atom stereocenters. The lowest BCUT2D eigenvalue weighted by Crippen LogP contribution is -2.24. The quantitative estimate of drug-likeness (QED) is 0.192. The smallest absolute Gasteiger partial charge is 0.277 e. The number of hydrazone groups is 1. The van der Waals surface area contributed by atoms with Crippen LogP contribution in [0.5, 0.6) is 5.75 Å². The first kappa shape index (κ1) is 21.6. The van der Waals surface area contributed by atoms with E-state index >= 15 is 0 Å². The zero-order valence-electron chi connectivity index (χ0n) is 15.6. The highest BCUT2D eigenvalue weighted by atomic mass is 35.5. The summed E-state index contributed by atoms with van der Waals surface area (Å²) >= 11 is 19.2. The number of carbonyl (C=O) groups excluding carboxylic acids is 1. The van der Waals surface area contributed by atoms with Crippen molar-refractivity contribution in [1.29, 1.82) is 0 Å². The van der Waals surface area contributed by atoms with Crippen LogP contribution in [0.3, 0.4) is 0 Å². The lowest BCUT2D eigenvalue weighted by molar-refractivity contribution is -0.123. The number of aromatic nitrogens is 2. The minimum Gasteiger partial charge on any atom is -0.482 e. The number of imidazole rings is 1. The number of benzene rings is 2. The van der Waals surface area contributed by atoms with E-state index in [0.717, 1.165) is 11.0 Å². The molecule has 11 heteroatoms. The van der Waals surface area contributed by atoms with E-state index in [1.807, 2.05) is 24.3 Å². The molecule has 31 heavy (non-hydrogen) atoms. The molecule has 158 valence electrons. The Kier molecular flexibility index (Phi) is 6.72. The predicted octanol–water partition coefficient (Wildman–Crippen LogP) is 5.80. The number of furan rings is 1. The fraction of sp³-hybridized carbons (Fsp3) is 0.0500. The molecular formula is C20H13Cl3N4O3S. The second-order valence-corrected chi connectivity index (χ2v) is 8.31. The van der Waals surface area contributed by atoms with Gasteiger partial charge in [-0.05, 0) is 42.1 Å². The van der Waals surface area contributed by atoms with Crippen LogP contribution in [0.2, 0.25) is 15.1 Å². The van der Waals surface area contributed by atoms with Crippen molar-refractivity contribution in [2.24, 2.45) is 5.10 Å². The van der Waals surface area contributed by atoms with Gasteiger partial charge >= 0.3 is 0 Å². The van der Waals surface area contributed by atoms with E-state index in [0.29, 0.717) is 21.0 Å². The van der Waals surface area contributed by atoms with Gasteiger partial charge in [-0.15, -0.1) is 0 Å². The zero-order valence-corrected chi connectivity index (χ0v) is 18.6. The monoisotopic (exact) mass is 494 g/mol. The molecule has 0 bridgehead atoms. The summed E-state index contributed by atoms with van der Waals surface area (Å²) in [6, 6.07) is 14.2. The van der Waals surface area contributed by atoms with Crippen molar-refractivity contribution < 1.29 is 13.9 Å². The Morgan fingerprint density at radius 3 is 2.90 bits per heavy atom. The predicted molar refractivity (Wildman–Crippen MR) is 122 cm³/mol. The number of H-pyrrole nitrogens is 1. The molecule has 0 aliphatic heterocycles. The molecule has 2 N–H and O–H groups in total. The van der Waals surface area contributed by atoms with Crippen LogP contribution in [0.25, 0.3) is 11.0 Å². The largest absolute Gasteiger partial charge is 0.482 e. The third-order valence-electron chi connectivity index (χ3n) is 3.87. The molecule has 0 atom stereocenters. The Labute approximate surface area is 195 Å². The number of halogens is 3. The van der Waals surface area contributed by atoms with E-state index in [1.54, 1.807) is 12.1 Å². The summed E-state index contributed by atoms with van der Waals surface area (Å²) in [5, 5.41) is 5.94. The number of rotatable bonds is 7. The van der Waals surface area contributed by atoms with Crippen LogP contribution >= 0.6 is 46.6 Å². The summed E-state index contributed by atoms with van der Waals surface area (Å²) in [6.45, 7) is -0.320. The summed E-state index contributed by atoms with van der Waals surface area (Å²) < 4.78 is 11.0. The van der Waals surface area contributed by atoms with Gasteiger partial charge in [0.05, 0.1) is 22.3 Å². The lowest BCUT2D eigenvalue weighted by Gasteiger charge is -2.08. The van der Waals surface area contributed by atoms with Crippen LogP contribution in [0.4, 0.5) is 0 Å². The Morgan fingerprint density at radius 2 is 2.06 bits per heavy atom. The number of hydrogen-bond acceptors (Lipinski definition) is 6. The van der Waals surface area contributed by atoms with Crippen molar-refractivity contribution in [2.45, 2.75) is 10.2 Å². The van der Waals surface area contributed by atoms with Crippen molar-refractivity contribution in [3.05, 3.63) is 69.4 Å². The van der Waals surface area contributed by atoms with Gasteiger partial charge in [-0.2, -0.15) is 5.10 Å². The molecule has 4 aromatic rings. The van der Waals surface area contributed by atoms with Gasteiger partial charge in [-0.3, -0.25) is 4.79 Å². The van der Waals surface area contributed by atoms with Gasteiger partial charge in [-0.1, -0.05) is 46.9 Å². The van der Waals surface area contributed by atoms with Gasteiger partial charge < -0.3 is 14.1 Å². The Bertz CT molecular complexity index is 1240. The van der Waals surface area contributed by atoms with E-state index in [-0.39, 0.29) is 22.4 Å². The zero-order chi connectivity index (χ0) is 21.8. The summed E-state index contributed by atoms with van der Waals surface area (Å²) in [4.78, 5) is 19.6. The molecule has 0 spiro atoms. The van der Waals surface area contributed by atoms with Gasteiger partial charge in [-0.25, -0.2) is 10.4 Å². The van der Waals surface area contributed by atoms with Crippen LogP contribution < -0.4 is 10.2 Å². The van der Waals surface area contributed by atoms with Crippen molar-refractivity contribution in [2.75, 3.05) is 6.61 Å². The Balaban J connectivity index is 1.29. The SMILES string of the molecule is O=C(COc1cc(Cl)cc(Cl)c1Cl)N/N=C\c1ccc(Sc2nc3ccccc3[nH]2)o1. The summed E-state index contributed by atoms with van der Waals surface area (Å²) in [5.41, 5.74) is 4.17. The van der Waals surface area contributed by atoms with Crippen molar-refractivity contribution >= 4 is 69.7 Å². The van der Waals surface area contributed by atoms with E-state index < -0.39 is 5.91 Å². The molecule has 1 amide bonds. The first-order valence-corrected chi connectivity index (χ1v) is 10.7. The van der Waals surface area contributed by atoms with Gasteiger partial charge in [0.25, 0.3) is 5.91 Å². The number of nitrogens with zero attached hydrogens (tertiary/aromatic N) is 2. The molecule has 0 aliphatic carbocycles. The van der Waals surface area contributed by atoms with Crippen molar-refractivity contribution in [1.82, 2.24) is 15.4 Å². The average Bonchev–Trinajstić information content (AvgIpc) is 3.36. The summed E-state index contributed by atoms with van der Waals surface area (Å²) in [6.07, 6.45) is 1.38. The first-order valence-electron chi connectivity index (χ1n) is 8.79. The van der Waals surface area contributed by atoms with E-state index in [1.165, 1.54) is 30.1 Å². The lowest BCUT2D eigenvalue weighted by atomic mass is 10.3. The molecule has 4 rings (SSSR count). The Morgan fingerprint density at radius 1 is 1.23 bits per heavy atom. The van der Waals surface area contributed by atoms with E-state index in [9.17, 15) is 4.79 Å². The molecule has 7 nitrogen and oxygen atoms in total. The average molecular weight is 496 g/mol. The fourth-order valence-corrected chi connectivity index (χ4v) is 3.92. The van der Waals surface area contributed by atoms with Crippen molar-refractivity contribution in [3.63, 3.8) is 0 Å². The second-order valence-electron chi connectivity index (χ2n) is 6.10. The fourth-order valence-electron chi connectivity index (χ4n) is 2.51. The minimum absolute atomic E-state index is 0.174. The third kappa shape index (κ3) is 5.54. The normalized spacial score (nSPS) is 11.3. The highest BCUT2D eigenvalue weighted by molar-refractivity contribution is 7.99. The standard InChI is InChI=1S/C20H13Cl3N4O3S/c21-11-7-13(22)19(23)16(8-11)29-10-17(28)27-24-9-12-5-6-18(30-12)31-20-25-14-3-1-2-4-15(14)26-20/h1-9H,10H2,(H,25,26)(H,27,28)/b24-9-.